The van der Waals surface area contributed by atoms with Gasteiger partial charge >= 0.3 is 0 Å². The van der Waals surface area contributed by atoms with E-state index in [0.29, 0.717) is 32.6 Å². The van der Waals surface area contributed by atoms with E-state index in [-0.39, 0.29) is 17.6 Å². The minimum Gasteiger partial charge on any atom is -0.381 e. The first-order chi connectivity index (χ1) is 16.5. The predicted octanol–water partition coefficient (Wildman–Crippen LogP) is 5.65. The second-order valence-corrected chi connectivity index (χ2v) is 9.61. The van der Waals surface area contributed by atoms with Crippen LogP contribution in [0, 0.1) is 12.7 Å². The van der Waals surface area contributed by atoms with Crippen molar-refractivity contribution in [2.75, 3.05) is 26.3 Å². The first-order valence-corrected chi connectivity index (χ1v) is 12.2. The van der Waals surface area contributed by atoms with Crippen LogP contribution >= 0.6 is 0 Å². The van der Waals surface area contributed by atoms with Gasteiger partial charge in [0.25, 0.3) is 0 Å². The Balaban J connectivity index is 1.41. The fraction of sp³-hybridized carbons (Fsp3) is 0.379. The molecule has 34 heavy (non-hydrogen) atoms. The maximum absolute atomic E-state index is 14.1. The normalized spacial score (nSPS) is 20.2. The summed E-state index contributed by atoms with van der Waals surface area (Å²) in [6, 6.07) is 21.1. The highest BCUT2D eigenvalue weighted by Gasteiger charge is 2.45. The predicted molar refractivity (Wildman–Crippen MR) is 131 cm³/mol. The SMILES string of the molecule is Cc1cccc(-c2cccc(C3CCCN(C(=O)C4(c5cccc(F)c5)CCOCC4)C3)n2)c1. The molecule has 2 aliphatic heterocycles. The van der Waals surface area contributed by atoms with Crippen LogP contribution in [-0.2, 0) is 14.9 Å². The van der Waals surface area contributed by atoms with Crippen molar-refractivity contribution in [3.8, 4) is 11.3 Å². The Morgan fingerprint density at radius 2 is 1.85 bits per heavy atom. The number of ether oxygens (including phenoxy) is 1. The number of piperidine rings is 1. The smallest absolute Gasteiger partial charge is 0.233 e. The van der Waals surface area contributed by atoms with Crippen LogP contribution in [0.4, 0.5) is 4.39 Å². The van der Waals surface area contributed by atoms with E-state index in [2.05, 4.69) is 43.3 Å². The van der Waals surface area contributed by atoms with Crippen LogP contribution in [0.2, 0.25) is 0 Å². The molecule has 1 aromatic heterocycles. The number of aryl methyl sites for hydroxylation is 1. The molecule has 2 aliphatic rings. The number of halogens is 1. The van der Waals surface area contributed by atoms with Crippen molar-refractivity contribution in [1.82, 2.24) is 9.88 Å². The van der Waals surface area contributed by atoms with E-state index in [1.165, 1.54) is 17.7 Å². The summed E-state index contributed by atoms with van der Waals surface area (Å²) in [5.74, 6) is -0.0161. The summed E-state index contributed by atoms with van der Waals surface area (Å²) in [6.07, 6.45) is 3.10. The van der Waals surface area contributed by atoms with Gasteiger partial charge in [0.05, 0.1) is 11.1 Å². The lowest BCUT2D eigenvalue weighted by molar-refractivity contribution is -0.142. The minimum absolute atomic E-state index is 0.0981. The highest BCUT2D eigenvalue weighted by Crippen LogP contribution is 2.39. The lowest BCUT2D eigenvalue weighted by atomic mass is 9.72. The zero-order chi connectivity index (χ0) is 23.5. The van der Waals surface area contributed by atoms with E-state index in [0.717, 1.165) is 41.9 Å². The maximum Gasteiger partial charge on any atom is 0.233 e. The molecule has 1 atom stereocenters. The average Bonchev–Trinajstić information content (AvgIpc) is 2.89. The van der Waals surface area contributed by atoms with Gasteiger partial charge in [-0.3, -0.25) is 9.78 Å². The van der Waals surface area contributed by atoms with E-state index in [9.17, 15) is 9.18 Å². The van der Waals surface area contributed by atoms with Crippen molar-refractivity contribution < 1.29 is 13.9 Å². The van der Waals surface area contributed by atoms with E-state index >= 15 is 0 Å². The number of pyridine rings is 1. The molecule has 5 heteroatoms. The van der Waals surface area contributed by atoms with Crippen LogP contribution in [0.15, 0.2) is 66.7 Å². The molecule has 176 valence electrons. The molecule has 0 saturated carbocycles. The molecule has 2 aromatic carbocycles. The quantitative estimate of drug-likeness (QED) is 0.507. The third kappa shape index (κ3) is 4.49. The Labute approximate surface area is 200 Å². The summed E-state index contributed by atoms with van der Waals surface area (Å²) in [6.45, 7) is 4.48. The molecule has 1 amide bonds. The summed E-state index contributed by atoms with van der Waals surface area (Å²) < 4.78 is 19.7. The van der Waals surface area contributed by atoms with Gasteiger partial charge in [-0.1, -0.05) is 42.0 Å². The molecule has 5 rings (SSSR count). The molecule has 3 heterocycles. The standard InChI is InChI=1S/C29H31FN2O2/c1-21-6-2-7-22(18-21)26-11-4-12-27(31-26)23-8-5-15-32(20-23)28(33)29(13-16-34-17-14-29)24-9-3-10-25(30)19-24/h2-4,6-7,9-12,18-19,23H,5,8,13-17,20H2,1H3. The molecular formula is C29H31FN2O2. The van der Waals surface area contributed by atoms with Gasteiger partial charge in [0.15, 0.2) is 0 Å². The number of carbonyl (C=O) groups excluding carboxylic acids is 1. The molecule has 0 radical (unpaired) electrons. The lowest BCUT2D eigenvalue weighted by Crippen LogP contribution is -2.52. The Kier molecular flexibility index (Phi) is 6.46. The molecule has 0 aliphatic carbocycles. The molecule has 0 spiro atoms. The van der Waals surface area contributed by atoms with Gasteiger partial charge < -0.3 is 9.64 Å². The van der Waals surface area contributed by atoms with Crippen molar-refractivity contribution in [2.24, 2.45) is 0 Å². The molecule has 2 fully saturated rings. The third-order valence-corrected chi connectivity index (χ3v) is 7.34. The van der Waals surface area contributed by atoms with E-state index < -0.39 is 5.41 Å². The first kappa shape index (κ1) is 22.7. The highest BCUT2D eigenvalue weighted by molar-refractivity contribution is 5.88. The number of likely N-dealkylation sites (tertiary alicyclic amines) is 1. The number of carbonyl (C=O) groups is 1. The van der Waals surface area contributed by atoms with Crippen LogP contribution in [-0.4, -0.2) is 42.1 Å². The minimum atomic E-state index is -0.723. The Morgan fingerprint density at radius 1 is 1.06 bits per heavy atom. The van der Waals surface area contributed by atoms with E-state index in [1.54, 1.807) is 6.07 Å². The summed E-state index contributed by atoms with van der Waals surface area (Å²) in [7, 11) is 0. The zero-order valence-corrected chi connectivity index (χ0v) is 19.7. The van der Waals surface area contributed by atoms with Crippen LogP contribution in [0.3, 0.4) is 0 Å². The van der Waals surface area contributed by atoms with Gasteiger partial charge in [-0.15, -0.1) is 0 Å². The number of amides is 1. The second-order valence-electron chi connectivity index (χ2n) is 9.61. The van der Waals surface area contributed by atoms with E-state index in [1.807, 2.05) is 17.0 Å². The lowest BCUT2D eigenvalue weighted by Gasteiger charge is -2.42. The summed E-state index contributed by atoms with van der Waals surface area (Å²) >= 11 is 0. The van der Waals surface area contributed by atoms with Crippen LogP contribution < -0.4 is 0 Å². The van der Waals surface area contributed by atoms with Gasteiger partial charge in [-0.2, -0.15) is 0 Å². The molecule has 4 nitrogen and oxygen atoms in total. The number of benzene rings is 2. The van der Waals surface area contributed by atoms with E-state index in [4.69, 9.17) is 9.72 Å². The van der Waals surface area contributed by atoms with Crippen molar-refractivity contribution in [1.29, 1.82) is 0 Å². The number of nitrogens with zero attached hydrogens (tertiary/aromatic N) is 2. The van der Waals surface area contributed by atoms with Gasteiger partial charge in [0, 0.05) is 43.5 Å². The van der Waals surface area contributed by atoms with Crippen molar-refractivity contribution >= 4 is 5.91 Å². The number of rotatable bonds is 4. The third-order valence-electron chi connectivity index (χ3n) is 7.34. The fourth-order valence-electron chi connectivity index (χ4n) is 5.48. The molecule has 0 N–H and O–H groups in total. The average molecular weight is 459 g/mol. The molecule has 0 bridgehead atoms. The second kappa shape index (κ2) is 9.67. The summed E-state index contributed by atoms with van der Waals surface area (Å²) in [4.78, 5) is 21.0. The van der Waals surface area contributed by atoms with Crippen LogP contribution in [0.1, 0.15) is 48.4 Å². The number of hydrogen-bond donors (Lipinski definition) is 0. The monoisotopic (exact) mass is 458 g/mol. The van der Waals surface area contributed by atoms with Crippen molar-refractivity contribution in [3.63, 3.8) is 0 Å². The van der Waals surface area contributed by atoms with Gasteiger partial charge in [-0.25, -0.2) is 4.39 Å². The van der Waals surface area contributed by atoms with Gasteiger partial charge in [0.1, 0.15) is 5.82 Å². The molecule has 2 saturated heterocycles. The zero-order valence-electron chi connectivity index (χ0n) is 19.7. The highest BCUT2D eigenvalue weighted by atomic mass is 19.1. The topological polar surface area (TPSA) is 42.4 Å². The number of hydrogen-bond acceptors (Lipinski definition) is 3. The fourth-order valence-corrected chi connectivity index (χ4v) is 5.48. The summed E-state index contributed by atoms with van der Waals surface area (Å²) in [5.41, 5.74) is 4.35. The Morgan fingerprint density at radius 3 is 2.65 bits per heavy atom. The van der Waals surface area contributed by atoms with Gasteiger partial charge in [0.2, 0.25) is 5.91 Å². The molecule has 1 unspecified atom stereocenters. The molecule has 3 aromatic rings. The maximum atomic E-state index is 14.1. The largest absolute Gasteiger partial charge is 0.381 e. The van der Waals surface area contributed by atoms with Crippen LogP contribution in [0.5, 0.6) is 0 Å². The molecular weight excluding hydrogens is 427 g/mol. The van der Waals surface area contributed by atoms with Crippen LogP contribution in [0.25, 0.3) is 11.3 Å². The first-order valence-electron chi connectivity index (χ1n) is 12.2. The number of aromatic nitrogens is 1. The van der Waals surface area contributed by atoms with Crippen molar-refractivity contribution in [3.05, 3.63) is 89.4 Å². The summed E-state index contributed by atoms with van der Waals surface area (Å²) in [5, 5.41) is 0. The van der Waals surface area contributed by atoms with Gasteiger partial charge in [-0.05, 0) is 68.5 Å². The Bertz CT molecular complexity index is 1170. The Hall–Kier alpha value is -3.05. The van der Waals surface area contributed by atoms with Crippen molar-refractivity contribution in [2.45, 2.75) is 43.9 Å².